The van der Waals surface area contributed by atoms with Crippen molar-refractivity contribution in [1.29, 1.82) is 0 Å². The summed E-state index contributed by atoms with van der Waals surface area (Å²) in [7, 11) is 1.90. The molecule has 0 spiro atoms. The number of nitrogens with one attached hydrogen (secondary N) is 1. The molecular formula is C12H23N5. The van der Waals surface area contributed by atoms with E-state index in [4.69, 9.17) is 0 Å². The molecule has 1 N–H and O–H groups in total. The fraction of sp³-hybridized carbons (Fsp3) is 0.833. The van der Waals surface area contributed by atoms with Gasteiger partial charge in [-0.1, -0.05) is 11.6 Å². The molecule has 1 aromatic rings. The number of piperidine rings is 1. The molecule has 1 fully saturated rings. The number of hydrogen-bond donors (Lipinski definition) is 1. The van der Waals surface area contributed by atoms with Gasteiger partial charge in [-0.3, -0.25) is 9.58 Å². The van der Waals surface area contributed by atoms with Gasteiger partial charge in [-0.2, -0.15) is 0 Å². The summed E-state index contributed by atoms with van der Waals surface area (Å²) in [6.07, 6.45) is 6.07. The summed E-state index contributed by atoms with van der Waals surface area (Å²) in [5.41, 5.74) is 1.01. The van der Waals surface area contributed by atoms with Crippen molar-refractivity contribution in [2.24, 2.45) is 7.05 Å². The Morgan fingerprint density at radius 3 is 2.76 bits per heavy atom. The van der Waals surface area contributed by atoms with Crippen LogP contribution in [-0.2, 0) is 13.6 Å². The van der Waals surface area contributed by atoms with Gasteiger partial charge in [-0.25, -0.2) is 0 Å². The van der Waals surface area contributed by atoms with E-state index in [0.717, 1.165) is 18.8 Å². The predicted octanol–water partition coefficient (Wildman–Crippen LogP) is 0.779. The van der Waals surface area contributed by atoms with Gasteiger partial charge in [0.15, 0.2) is 0 Å². The van der Waals surface area contributed by atoms with Crippen molar-refractivity contribution in [3.8, 4) is 0 Å². The lowest BCUT2D eigenvalue weighted by atomic mass is 10.1. The third-order valence-electron chi connectivity index (χ3n) is 3.41. The number of aromatic nitrogens is 3. The Hall–Kier alpha value is -0.940. The second-order valence-electron chi connectivity index (χ2n) is 4.96. The lowest BCUT2D eigenvalue weighted by molar-refractivity contribution is 0.170. The Morgan fingerprint density at radius 2 is 2.12 bits per heavy atom. The van der Waals surface area contributed by atoms with Crippen LogP contribution in [0.1, 0.15) is 31.9 Å². The summed E-state index contributed by atoms with van der Waals surface area (Å²) in [4.78, 5) is 2.58. The van der Waals surface area contributed by atoms with Gasteiger partial charge in [0.25, 0.3) is 0 Å². The van der Waals surface area contributed by atoms with E-state index >= 15 is 0 Å². The molecule has 2 heterocycles. The van der Waals surface area contributed by atoms with Gasteiger partial charge >= 0.3 is 0 Å². The van der Waals surface area contributed by atoms with Gasteiger partial charge in [0.1, 0.15) is 0 Å². The highest BCUT2D eigenvalue weighted by Crippen LogP contribution is 2.11. The quantitative estimate of drug-likeness (QED) is 0.822. The number of aryl methyl sites for hydroxylation is 1. The van der Waals surface area contributed by atoms with E-state index < -0.39 is 0 Å². The summed E-state index contributed by atoms with van der Waals surface area (Å²) in [5, 5.41) is 11.4. The molecule has 0 aliphatic carbocycles. The lowest BCUT2D eigenvalue weighted by Crippen LogP contribution is -2.42. The van der Waals surface area contributed by atoms with Crippen molar-refractivity contribution in [2.45, 2.75) is 38.8 Å². The molecule has 0 saturated carbocycles. The van der Waals surface area contributed by atoms with Crippen molar-refractivity contribution >= 4 is 0 Å². The molecule has 1 saturated heterocycles. The first-order chi connectivity index (χ1) is 8.25. The zero-order chi connectivity index (χ0) is 12.1. The van der Waals surface area contributed by atoms with Crippen molar-refractivity contribution < 1.29 is 0 Å². The minimum Gasteiger partial charge on any atom is -0.310 e. The molecule has 0 bridgehead atoms. The number of rotatable bonds is 5. The first-order valence-electron chi connectivity index (χ1n) is 6.55. The topological polar surface area (TPSA) is 46.0 Å². The van der Waals surface area contributed by atoms with E-state index in [1.54, 1.807) is 4.68 Å². The molecule has 0 amide bonds. The minimum absolute atomic E-state index is 0.618. The molecule has 17 heavy (non-hydrogen) atoms. The fourth-order valence-electron chi connectivity index (χ4n) is 2.37. The predicted molar refractivity (Wildman–Crippen MR) is 67.6 cm³/mol. The molecule has 0 aromatic carbocycles. The first kappa shape index (κ1) is 12.5. The van der Waals surface area contributed by atoms with Crippen LogP contribution < -0.4 is 5.32 Å². The minimum atomic E-state index is 0.618. The van der Waals surface area contributed by atoms with Crippen LogP contribution in [-0.4, -0.2) is 45.6 Å². The standard InChI is InChI=1S/C12H23N5/c1-11(17-6-4-3-5-7-17)8-13-9-12-10-16(2)15-14-12/h10-11,13H,3-9H2,1-2H3. The van der Waals surface area contributed by atoms with E-state index in [2.05, 4.69) is 27.5 Å². The maximum absolute atomic E-state index is 4.06. The number of hydrogen-bond acceptors (Lipinski definition) is 4. The molecule has 2 rings (SSSR count). The third kappa shape index (κ3) is 3.78. The maximum Gasteiger partial charge on any atom is 0.0964 e. The Kier molecular flexibility index (Phi) is 4.50. The van der Waals surface area contributed by atoms with Gasteiger partial charge < -0.3 is 5.32 Å². The lowest BCUT2D eigenvalue weighted by Gasteiger charge is -2.32. The van der Waals surface area contributed by atoms with Crippen LogP contribution in [0.5, 0.6) is 0 Å². The van der Waals surface area contributed by atoms with Crippen LogP contribution >= 0.6 is 0 Å². The second kappa shape index (κ2) is 6.12. The van der Waals surface area contributed by atoms with E-state index in [-0.39, 0.29) is 0 Å². The molecule has 5 heteroatoms. The molecule has 96 valence electrons. The number of likely N-dealkylation sites (tertiary alicyclic amines) is 1. The van der Waals surface area contributed by atoms with Gasteiger partial charge in [-0.15, -0.1) is 5.10 Å². The monoisotopic (exact) mass is 237 g/mol. The Morgan fingerprint density at radius 1 is 1.35 bits per heavy atom. The van der Waals surface area contributed by atoms with Gasteiger partial charge in [0.2, 0.25) is 0 Å². The van der Waals surface area contributed by atoms with Crippen LogP contribution in [0.15, 0.2) is 6.20 Å². The number of nitrogens with zero attached hydrogens (tertiary/aromatic N) is 4. The summed E-state index contributed by atoms with van der Waals surface area (Å²) in [6, 6.07) is 0.618. The molecular weight excluding hydrogens is 214 g/mol. The molecule has 1 aliphatic rings. The molecule has 0 radical (unpaired) electrons. The van der Waals surface area contributed by atoms with Gasteiger partial charge in [0.05, 0.1) is 5.69 Å². The molecule has 1 aromatic heterocycles. The Labute approximate surface area is 103 Å². The van der Waals surface area contributed by atoms with Gasteiger partial charge in [0, 0.05) is 32.4 Å². The fourth-order valence-corrected chi connectivity index (χ4v) is 2.37. The van der Waals surface area contributed by atoms with E-state index in [1.165, 1.54) is 32.4 Å². The summed E-state index contributed by atoms with van der Waals surface area (Å²) < 4.78 is 1.74. The highest BCUT2D eigenvalue weighted by Gasteiger charge is 2.15. The first-order valence-corrected chi connectivity index (χ1v) is 6.55. The van der Waals surface area contributed by atoms with E-state index in [0.29, 0.717) is 6.04 Å². The zero-order valence-electron chi connectivity index (χ0n) is 10.9. The molecule has 1 unspecified atom stereocenters. The molecule has 5 nitrogen and oxygen atoms in total. The Bertz CT molecular complexity index is 329. The van der Waals surface area contributed by atoms with Crippen LogP contribution in [0.3, 0.4) is 0 Å². The zero-order valence-corrected chi connectivity index (χ0v) is 10.9. The summed E-state index contributed by atoms with van der Waals surface area (Å²) >= 11 is 0. The third-order valence-corrected chi connectivity index (χ3v) is 3.41. The highest BCUT2D eigenvalue weighted by atomic mass is 15.4. The average Bonchev–Trinajstić information content (AvgIpc) is 2.76. The van der Waals surface area contributed by atoms with Crippen molar-refractivity contribution in [3.63, 3.8) is 0 Å². The maximum atomic E-state index is 4.06. The van der Waals surface area contributed by atoms with Crippen molar-refractivity contribution in [1.82, 2.24) is 25.2 Å². The second-order valence-corrected chi connectivity index (χ2v) is 4.96. The summed E-state index contributed by atoms with van der Waals surface area (Å²) in [6.45, 7) is 6.65. The normalized spacial score (nSPS) is 19.4. The highest BCUT2D eigenvalue weighted by molar-refractivity contribution is 4.91. The smallest absolute Gasteiger partial charge is 0.0964 e. The van der Waals surface area contributed by atoms with Crippen LogP contribution in [0, 0.1) is 0 Å². The molecule has 1 atom stereocenters. The summed E-state index contributed by atoms with van der Waals surface area (Å²) in [5.74, 6) is 0. The van der Waals surface area contributed by atoms with E-state index in [1.807, 2.05) is 13.2 Å². The van der Waals surface area contributed by atoms with Crippen molar-refractivity contribution in [3.05, 3.63) is 11.9 Å². The van der Waals surface area contributed by atoms with Crippen LogP contribution in [0.4, 0.5) is 0 Å². The molecule has 1 aliphatic heterocycles. The Balaban J connectivity index is 1.67. The van der Waals surface area contributed by atoms with Crippen LogP contribution in [0.25, 0.3) is 0 Å². The average molecular weight is 237 g/mol. The van der Waals surface area contributed by atoms with Gasteiger partial charge in [-0.05, 0) is 32.9 Å². The SMILES string of the molecule is CC(CNCc1cn(C)nn1)N1CCCCC1. The van der Waals surface area contributed by atoms with Crippen molar-refractivity contribution in [2.75, 3.05) is 19.6 Å². The largest absolute Gasteiger partial charge is 0.310 e. The van der Waals surface area contributed by atoms with E-state index in [9.17, 15) is 0 Å². The van der Waals surface area contributed by atoms with Crippen LogP contribution in [0.2, 0.25) is 0 Å².